The zero-order chi connectivity index (χ0) is 12.5. The van der Waals surface area contributed by atoms with Gasteiger partial charge in [-0.1, -0.05) is 11.6 Å². The van der Waals surface area contributed by atoms with Gasteiger partial charge in [0, 0.05) is 5.69 Å². The molecule has 1 aromatic rings. The number of nitrogens with two attached hydrogens (primary N) is 1. The smallest absolute Gasteiger partial charge is 0.360 e. The lowest BCUT2D eigenvalue weighted by atomic mass is 10.1. The van der Waals surface area contributed by atoms with Gasteiger partial charge in [-0.2, -0.15) is 13.2 Å². The number of benzene rings is 1. The van der Waals surface area contributed by atoms with Gasteiger partial charge in [-0.25, -0.2) is 0 Å². The van der Waals surface area contributed by atoms with E-state index >= 15 is 0 Å². The van der Waals surface area contributed by atoms with Crippen molar-refractivity contribution in [3.05, 3.63) is 28.8 Å². The molecule has 1 aliphatic heterocycles. The molecular formula is C11H13ClF3N2+. The summed E-state index contributed by atoms with van der Waals surface area (Å²) in [5.41, 5.74) is -0.166. The summed E-state index contributed by atoms with van der Waals surface area (Å²) in [6, 6.07) is 4.09. The third-order valence-electron chi connectivity index (χ3n) is 2.83. The molecular weight excluding hydrogens is 253 g/mol. The van der Waals surface area contributed by atoms with E-state index in [2.05, 4.69) is 5.32 Å². The van der Waals surface area contributed by atoms with Crippen LogP contribution in [0.2, 0.25) is 5.02 Å². The van der Waals surface area contributed by atoms with Crippen LogP contribution in [-0.2, 0) is 6.18 Å². The van der Waals surface area contributed by atoms with Crippen molar-refractivity contribution in [3.8, 4) is 0 Å². The van der Waals surface area contributed by atoms with Gasteiger partial charge in [0.15, 0.2) is 0 Å². The topological polar surface area (TPSA) is 19.9 Å². The highest BCUT2D eigenvalue weighted by Crippen LogP contribution is 2.36. The molecule has 6 heteroatoms. The highest BCUT2D eigenvalue weighted by atomic mass is 35.5. The van der Waals surface area contributed by atoms with Crippen molar-refractivity contribution >= 4 is 17.3 Å². The van der Waals surface area contributed by atoms with E-state index in [9.17, 15) is 13.2 Å². The Balaban J connectivity index is 2.30. The van der Waals surface area contributed by atoms with Crippen LogP contribution in [-0.4, -0.2) is 26.2 Å². The minimum Gasteiger partial charge on any atom is -0.360 e. The van der Waals surface area contributed by atoms with Crippen molar-refractivity contribution in [3.63, 3.8) is 0 Å². The maximum Gasteiger partial charge on any atom is 0.417 e. The summed E-state index contributed by atoms with van der Waals surface area (Å²) in [7, 11) is 0. The molecule has 0 atom stereocenters. The summed E-state index contributed by atoms with van der Waals surface area (Å²) in [6.45, 7) is 3.34. The second-order valence-corrected chi connectivity index (χ2v) is 4.42. The van der Waals surface area contributed by atoms with Crippen molar-refractivity contribution < 1.29 is 18.5 Å². The third-order valence-corrected chi connectivity index (χ3v) is 3.16. The van der Waals surface area contributed by atoms with Crippen LogP contribution in [0, 0.1) is 0 Å². The molecule has 1 fully saturated rings. The number of nitrogens with zero attached hydrogens (tertiary/aromatic N) is 1. The van der Waals surface area contributed by atoms with E-state index in [0.717, 1.165) is 32.2 Å². The number of halogens is 4. The quantitative estimate of drug-likeness (QED) is 0.820. The van der Waals surface area contributed by atoms with Gasteiger partial charge in [-0.3, -0.25) is 0 Å². The van der Waals surface area contributed by atoms with Gasteiger partial charge in [0.1, 0.15) is 0 Å². The molecule has 1 saturated heterocycles. The summed E-state index contributed by atoms with van der Waals surface area (Å²) in [4.78, 5) is 1.95. The van der Waals surface area contributed by atoms with E-state index in [-0.39, 0.29) is 5.02 Å². The van der Waals surface area contributed by atoms with Crippen LogP contribution in [0.5, 0.6) is 0 Å². The SMILES string of the molecule is FC(F)(F)c1cc(N2CC[NH2+]CC2)ccc1Cl. The summed E-state index contributed by atoms with van der Waals surface area (Å²) in [6.07, 6.45) is -4.39. The molecule has 1 heterocycles. The zero-order valence-corrected chi connectivity index (χ0v) is 9.85. The molecule has 0 amide bonds. The largest absolute Gasteiger partial charge is 0.417 e. The Morgan fingerprint density at radius 3 is 2.41 bits per heavy atom. The average Bonchev–Trinajstić information content (AvgIpc) is 2.29. The lowest BCUT2D eigenvalue weighted by Crippen LogP contribution is -2.89. The average molecular weight is 266 g/mol. The van der Waals surface area contributed by atoms with Gasteiger partial charge in [0.25, 0.3) is 0 Å². The van der Waals surface area contributed by atoms with Crippen molar-refractivity contribution in [1.29, 1.82) is 0 Å². The van der Waals surface area contributed by atoms with Crippen LogP contribution in [0.1, 0.15) is 5.56 Å². The maximum atomic E-state index is 12.7. The fourth-order valence-electron chi connectivity index (χ4n) is 1.94. The molecule has 2 nitrogen and oxygen atoms in total. The lowest BCUT2D eigenvalue weighted by molar-refractivity contribution is -0.655. The molecule has 0 bridgehead atoms. The van der Waals surface area contributed by atoms with Crippen LogP contribution in [0.3, 0.4) is 0 Å². The minimum atomic E-state index is -4.39. The zero-order valence-electron chi connectivity index (χ0n) is 9.10. The monoisotopic (exact) mass is 265 g/mol. The number of anilines is 1. The van der Waals surface area contributed by atoms with E-state index in [0.29, 0.717) is 5.69 Å². The molecule has 1 aromatic carbocycles. The first-order valence-electron chi connectivity index (χ1n) is 5.42. The number of hydrogen-bond acceptors (Lipinski definition) is 1. The van der Waals surface area contributed by atoms with Gasteiger partial charge in [-0.05, 0) is 18.2 Å². The predicted molar refractivity (Wildman–Crippen MR) is 60.3 cm³/mol. The molecule has 0 spiro atoms. The van der Waals surface area contributed by atoms with Gasteiger partial charge >= 0.3 is 6.18 Å². The molecule has 0 aliphatic carbocycles. The number of hydrogen-bond donors (Lipinski definition) is 1. The first-order valence-corrected chi connectivity index (χ1v) is 5.79. The molecule has 17 heavy (non-hydrogen) atoms. The summed E-state index contributed by atoms with van der Waals surface area (Å²) < 4.78 is 38.1. The number of quaternary nitrogens is 1. The van der Waals surface area contributed by atoms with E-state index in [1.807, 2.05) is 4.90 Å². The normalized spacial score (nSPS) is 17.3. The van der Waals surface area contributed by atoms with Crippen molar-refractivity contribution in [2.75, 3.05) is 31.1 Å². The molecule has 0 saturated carbocycles. The highest BCUT2D eigenvalue weighted by Gasteiger charge is 2.33. The Bertz CT molecular complexity index is 400. The standard InChI is InChI=1S/C11H12ClF3N2/c12-10-2-1-8(7-9(10)11(13,14)15)17-5-3-16-4-6-17/h1-2,7,16H,3-6H2/p+1. The fraction of sp³-hybridized carbons (Fsp3) is 0.455. The molecule has 0 aromatic heterocycles. The Morgan fingerprint density at radius 1 is 1.18 bits per heavy atom. The highest BCUT2D eigenvalue weighted by molar-refractivity contribution is 6.31. The van der Waals surface area contributed by atoms with Gasteiger partial charge in [-0.15, -0.1) is 0 Å². The summed E-state index contributed by atoms with van der Waals surface area (Å²) in [5.74, 6) is 0. The molecule has 2 N–H and O–H groups in total. The molecule has 94 valence electrons. The Hall–Kier alpha value is -0.940. The molecule has 0 radical (unpaired) electrons. The maximum absolute atomic E-state index is 12.7. The number of alkyl halides is 3. The molecule has 0 unspecified atom stereocenters. The number of rotatable bonds is 1. The fourth-order valence-corrected chi connectivity index (χ4v) is 2.16. The van der Waals surface area contributed by atoms with E-state index in [4.69, 9.17) is 11.6 Å². The van der Waals surface area contributed by atoms with Gasteiger partial charge in [0.2, 0.25) is 0 Å². The lowest BCUT2D eigenvalue weighted by Gasteiger charge is -2.28. The Labute approximate surface area is 102 Å². The van der Waals surface area contributed by atoms with E-state index in [1.165, 1.54) is 6.07 Å². The van der Waals surface area contributed by atoms with Crippen molar-refractivity contribution in [2.24, 2.45) is 0 Å². The van der Waals surface area contributed by atoms with Gasteiger partial charge in [0.05, 0.1) is 36.8 Å². The summed E-state index contributed by atoms with van der Waals surface area (Å²) >= 11 is 5.58. The van der Waals surface area contributed by atoms with E-state index < -0.39 is 11.7 Å². The van der Waals surface area contributed by atoms with Gasteiger partial charge < -0.3 is 10.2 Å². The molecule has 1 aliphatic rings. The van der Waals surface area contributed by atoms with Crippen LogP contribution >= 0.6 is 11.6 Å². The Kier molecular flexibility index (Phi) is 3.49. The van der Waals surface area contributed by atoms with Crippen molar-refractivity contribution in [1.82, 2.24) is 0 Å². The van der Waals surface area contributed by atoms with Crippen molar-refractivity contribution in [2.45, 2.75) is 6.18 Å². The first-order chi connectivity index (χ1) is 7.98. The van der Waals surface area contributed by atoms with Crippen LogP contribution in [0.4, 0.5) is 18.9 Å². The summed E-state index contributed by atoms with van der Waals surface area (Å²) in [5, 5.41) is 1.90. The first kappa shape index (κ1) is 12.5. The molecule has 2 rings (SSSR count). The van der Waals surface area contributed by atoms with Crippen LogP contribution in [0.25, 0.3) is 0 Å². The van der Waals surface area contributed by atoms with Crippen LogP contribution < -0.4 is 10.2 Å². The predicted octanol–water partition coefficient (Wildman–Crippen LogP) is 1.74. The van der Waals surface area contributed by atoms with Crippen LogP contribution in [0.15, 0.2) is 18.2 Å². The third kappa shape index (κ3) is 2.84. The van der Waals surface area contributed by atoms with E-state index in [1.54, 1.807) is 6.07 Å². The Morgan fingerprint density at radius 2 is 1.82 bits per heavy atom. The number of piperazine rings is 1. The minimum absolute atomic E-state index is 0.246. The second-order valence-electron chi connectivity index (χ2n) is 4.01. The second kappa shape index (κ2) is 4.74.